The standard InChI is InChI=1S/C8H14N2S/c1-10(2)8-4-3-7(11-8)5-6-9/h3-4H,5-6,9H2,1-2H3. The SMILES string of the molecule is CN(C)c1ccc(CCN)s1. The summed E-state index contributed by atoms with van der Waals surface area (Å²) in [6, 6.07) is 4.28. The molecule has 0 unspecified atom stereocenters. The van der Waals surface area contributed by atoms with E-state index in [0.717, 1.165) is 13.0 Å². The van der Waals surface area contributed by atoms with Crippen molar-refractivity contribution in [2.24, 2.45) is 5.73 Å². The monoisotopic (exact) mass is 170 g/mol. The third-order valence-electron chi connectivity index (χ3n) is 1.48. The summed E-state index contributed by atoms with van der Waals surface area (Å²) in [7, 11) is 4.11. The number of hydrogen-bond acceptors (Lipinski definition) is 3. The van der Waals surface area contributed by atoms with Crippen LogP contribution in [0.4, 0.5) is 5.00 Å². The van der Waals surface area contributed by atoms with Gasteiger partial charge in [0.1, 0.15) is 0 Å². The number of thiophene rings is 1. The van der Waals surface area contributed by atoms with E-state index in [1.54, 1.807) is 0 Å². The molecular formula is C8H14N2S. The predicted octanol–water partition coefficient (Wildman–Crippen LogP) is 1.32. The third kappa shape index (κ3) is 2.20. The fraction of sp³-hybridized carbons (Fsp3) is 0.500. The van der Waals surface area contributed by atoms with Gasteiger partial charge in [0, 0.05) is 19.0 Å². The van der Waals surface area contributed by atoms with Crippen LogP contribution in [0.5, 0.6) is 0 Å². The lowest BCUT2D eigenvalue weighted by atomic mass is 10.3. The third-order valence-corrected chi connectivity index (χ3v) is 2.79. The van der Waals surface area contributed by atoms with Crippen LogP contribution in [-0.4, -0.2) is 20.6 Å². The molecule has 0 spiro atoms. The van der Waals surface area contributed by atoms with Gasteiger partial charge in [-0.05, 0) is 25.1 Å². The topological polar surface area (TPSA) is 29.3 Å². The van der Waals surface area contributed by atoms with Gasteiger partial charge in [0.15, 0.2) is 0 Å². The van der Waals surface area contributed by atoms with Crippen LogP contribution in [-0.2, 0) is 6.42 Å². The summed E-state index contributed by atoms with van der Waals surface area (Å²) in [6.07, 6.45) is 0.999. The van der Waals surface area contributed by atoms with E-state index in [0.29, 0.717) is 0 Å². The van der Waals surface area contributed by atoms with Gasteiger partial charge >= 0.3 is 0 Å². The van der Waals surface area contributed by atoms with Crippen molar-refractivity contribution < 1.29 is 0 Å². The zero-order chi connectivity index (χ0) is 8.27. The summed E-state index contributed by atoms with van der Waals surface area (Å²) in [5.41, 5.74) is 5.44. The van der Waals surface area contributed by atoms with E-state index in [2.05, 4.69) is 31.1 Å². The summed E-state index contributed by atoms with van der Waals surface area (Å²) >= 11 is 1.81. The van der Waals surface area contributed by atoms with Crippen LogP contribution >= 0.6 is 11.3 Å². The molecule has 0 aliphatic heterocycles. The highest BCUT2D eigenvalue weighted by molar-refractivity contribution is 7.16. The number of nitrogens with two attached hydrogens (primary N) is 1. The maximum absolute atomic E-state index is 5.44. The molecule has 0 saturated carbocycles. The molecule has 11 heavy (non-hydrogen) atoms. The van der Waals surface area contributed by atoms with E-state index < -0.39 is 0 Å². The molecule has 0 aliphatic rings. The Morgan fingerprint density at radius 1 is 1.45 bits per heavy atom. The van der Waals surface area contributed by atoms with Gasteiger partial charge in [-0.15, -0.1) is 11.3 Å². The Kier molecular flexibility index (Phi) is 2.91. The van der Waals surface area contributed by atoms with Crippen LogP contribution in [0, 0.1) is 0 Å². The van der Waals surface area contributed by atoms with E-state index in [1.807, 2.05) is 11.3 Å². The van der Waals surface area contributed by atoms with Crippen LogP contribution < -0.4 is 10.6 Å². The van der Waals surface area contributed by atoms with Crippen molar-refractivity contribution >= 4 is 16.3 Å². The highest BCUT2D eigenvalue weighted by atomic mass is 32.1. The quantitative estimate of drug-likeness (QED) is 0.741. The Morgan fingerprint density at radius 3 is 2.64 bits per heavy atom. The largest absolute Gasteiger partial charge is 0.370 e. The van der Waals surface area contributed by atoms with Crippen LogP contribution in [0.3, 0.4) is 0 Å². The van der Waals surface area contributed by atoms with E-state index in [-0.39, 0.29) is 0 Å². The first kappa shape index (κ1) is 8.56. The fourth-order valence-electron chi connectivity index (χ4n) is 0.884. The lowest BCUT2D eigenvalue weighted by Crippen LogP contribution is -2.05. The molecule has 3 heteroatoms. The molecule has 0 aromatic carbocycles. The Labute approximate surface area is 71.6 Å². The minimum atomic E-state index is 0.743. The molecule has 1 heterocycles. The Hall–Kier alpha value is -0.540. The molecule has 2 N–H and O–H groups in total. The molecule has 0 atom stereocenters. The van der Waals surface area contributed by atoms with Gasteiger partial charge < -0.3 is 10.6 Å². The first-order valence-corrected chi connectivity index (χ1v) is 4.52. The van der Waals surface area contributed by atoms with Gasteiger partial charge in [-0.3, -0.25) is 0 Å². The van der Waals surface area contributed by atoms with Crippen molar-refractivity contribution in [3.63, 3.8) is 0 Å². The van der Waals surface area contributed by atoms with Crippen LogP contribution in [0.25, 0.3) is 0 Å². The van der Waals surface area contributed by atoms with Crippen LogP contribution in [0.1, 0.15) is 4.88 Å². The first-order chi connectivity index (χ1) is 5.24. The summed E-state index contributed by atoms with van der Waals surface area (Å²) in [6.45, 7) is 0.743. The van der Waals surface area contributed by atoms with Crippen molar-refractivity contribution in [2.45, 2.75) is 6.42 Å². The fourth-order valence-corrected chi connectivity index (χ4v) is 1.83. The van der Waals surface area contributed by atoms with E-state index in [4.69, 9.17) is 5.73 Å². The number of rotatable bonds is 3. The Balaban J connectivity index is 2.66. The van der Waals surface area contributed by atoms with E-state index >= 15 is 0 Å². The lowest BCUT2D eigenvalue weighted by Gasteiger charge is -2.06. The molecule has 0 saturated heterocycles. The zero-order valence-corrected chi connectivity index (χ0v) is 7.82. The molecule has 1 aromatic rings. The molecule has 0 bridgehead atoms. The zero-order valence-electron chi connectivity index (χ0n) is 7.00. The average molecular weight is 170 g/mol. The second-order valence-electron chi connectivity index (χ2n) is 2.67. The highest BCUT2D eigenvalue weighted by Crippen LogP contribution is 2.23. The Bertz CT molecular complexity index is 218. The normalized spacial score (nSPS) is 10.1. The van der Waals surface area contributed by atoms with Crippen molar-refractivity contribution in [1.29, 1.82) is 0 Å². The maximum Gasteiger partial charge on any atom is 0.0906 e. The minimum Gasteiger partial charge on any atom is -0.370 e. The van der Waals surface area contributed by atoms with Crippen molar-refractivity contribution in [2.75, 3.05) is 25.5 Å². The molecule has 0 radical (unpaired) electrons. The predicted molar refractivity (Wildman–Crippen MR) is 51.4 cm³/mol. The second-order valence-corrected chi connectivity index (χ2v) is 3.82. The highest BCUT2D eigenvalue weighted by Gasteiger charge is 1.99. The van der Waals surface area contributed by atoms with Gasteiger partial charge in [0.05, 0.1) is 5.00 Å². The Morgan fingerprint density at radius 2 is 2.18 bits per heavy atom. The van der Waals surface area contributed by atoms with Gasteiger partial charge in [0.2, 0.25) is 0 Å². The molecular weight excluding hydrogens is 156 g/mol. The maximum atomic E-state index is 5.44. The lowest BCUT2D eigenvalue weighted by molar-refractivity contribution is 0.989. The van der Waals surface area contributed by atoms with Gasteiger partial charge in [0.25, 0.3) is 0 Å². The van der Waals surface area contributed by atoms with Crippen LogP contribution in [0.15, 0.2) is 12.1 Å². The van der Waals surface area contributed by atoms with Gasteiger partial charge in [-0.25, -0.2) is 0 Å². The molecule has 62 valence electrons. The van der Waals surface area contributed by atoms with Crippen molar-refractivity contribution in [1.82, 2.24) is 0 Å². The first-order valence-electron chi connectivity index (χ1n) is 3.70. The van der Waals surface area contributed by atoms with E-state index in [9.17, 15) is 0 Å². The molecule has 0 fully saturated rings. The van der Waals surface area contributed by atoms with Crippen molar-refractivity contribution in [3.8, 4) is 0 Å². The minimum absolute atomic E-state index is 0.743. The number of hydrogen-bond donors (Lipinski definition) is 1. The smallest absolute Gasteiger partial charge is 0.0906 e. The van der Waals surface area contributed by atoms with Gasteiger partial charge in [-0.2, -0.15) is 0 Å². The van der Waals surface area contributed by atoms with Crippen molar-refractivity contribution in [3.05, 3.63) is 17.0 Å². The summed E-state index contributed by atoms with van der Waals surface area (Å²) in [4.78, 5) is 3.49. The second kappa shape index (κ2) is 3.74. The number of anilines is 1. The molecule has 0 amide bonds. The molecule has 1 rings (SSSR count). The molecule has 1 aromatic heterocycles. The summed E-state index contributed by atoms with van der Waals surface area (Å²) in [5, 5.41) is 1.30. The van der Waals surface area contributed by atoms with Gasteiger partial charge in [-0.1, -0.05) is 0 Å². The average Bonchev–Trinajstić information content (AvgIpc) is 2.37. The van der Waals surface area contributed by atoms with Crippen LogP contribution in [0.2, 0.25) is 0 Å². The molecule has 0 aliphatic carbocycles. The summed E-state index contributed by atoms with van der Waals surface area (Å²) < 4.78 is 0. The number of nitrogens with zero attached hydrogens (tertiary/aromatic N) is 1. The summed E-state index contributed by atoms with van der Waals surface area (Å²) in [5.74, 6) is 0. The molecule has 2 nitrogen and oxygen atoms in total. The van der Waals surface area contributed by atoms with E-state index in [1.165, 1.54) is 9.88 Å².